The van der Waals surface area contributed by atoms with Gasteiger partial charge in [-0.05, 0) is 36.4 Å². The van der Waals surface area contributed by atoms with Gasteiger partial charge in [0.25, 0.3) is 0 Å². The number of hydrogen-bond donors (Lipinski definition) is 3. The zero-order chi connectivity index (χ0) is 16.1. The third kappa shape index (κ3) is 4.03. The van der Waals surface area contributed by atoms with Crippen molar-refractivity contribution in [3.8, 4) is 0 Å². The van der Waals surface area contributed by atoms with Crippen molar-refractivity contribution < 1.29 is 0 Å². The summed E-state index contributed by atoms with van der Waals surface area (Å²) < 4.78 is 0. The molecular formula is C18H15N3S2. The number of nitrogens with one attached hydrogen (secondary N) is 3. The van der Waals surface area contributed by atoms with Crippen LogP contribution >= 0.6 is 24.4 Å². The smallest absolute Gasteiger partial charge is 0.127 e. The first-order valence-electron chi connectivity index (χ1n) is 7.14. The van der Waals surface area contributed by atoms with Crippen molar-refractivity contribution in [2.45, 2.75) is 0 Å². The molecule has 0 fully saturated rings. The molecule has 0 amide bonds. The molecule has 3 nitrogen and oxygen atoms in total. The van der Waals surface area contributed by atoms with E-state index in [9.17, 15) is 0 Å². The first kappa shape index (κ1) is 15.4. The van der Waals surface area contributed by atoms with Crippen molar-refractivity contribution in [1.29, 1.82) is 0 Å². The summed E-state index contributed by atoms with van der Waals surface area (Å²) in [5.41, 5.74) is 3.57. The number of anilines is 2. The SMILES string of the molecule is S=C(Nc1ccccc1)c1ccc(C(=S)Nc2ccccc2)[nH]1. The number of para-hydroxylation sites is 2. The Morgan fingerprint density at radius 1 is 0.609 bits per heavy atom. The first-order chi connectivity index (χ1) is 11.2. The molecule has 0 saturated heterocycles. The number of benzene rings is 2. The highest BCUT2D eigenvalue weighted by Gasteiger charge is 2.08. The topological polar surface area (TPSA) is 39.8 Å². The van der Waals surface area contributed by atoms with E-state index in [-0.39, 0.29) is 0 Å². The van der Waals surface area contributed by atoms with E-state index in [0.29, 0.717) is 9.98 Å². The third-order valence-electron chi connectivity index (χ3n) is 3.24. The Labute approximate surface area is 145 Å². The van der Waals surface area contributed by atoms with Crippen LogP contribution in [0.1, 0.15) is 11.4 Å². The normalized spacial score (nSPS) is 10.1. The fourth-order valence-corrected chi connectivity index (χ4v) is 2.57. The predicted molar refractivity (Wildman–Crippen MR) is 104 cm³/mol. The summed E-state index contributed by atoms with van der Waals surface area (Å²) in [5.74, 6) is 0. The minimum absolute atomic E-state index is 0.630. The Hall–Kier alpha value is -2.50. The standard InChI is InChI=1S/C18H15N3S2/c22-17(19-13-7-3-1-4-8-13)15-11-12-16(21-15)18(23)20-14-9-5-2-6-10-14/h1-12,21H,(H,19,22)(H,20,23). The van der Waals surface area contributed by atoms with Crippen molar-refractivity contribution in [3.63, 3.8) is 0 Å². The van der Waals surface area contributed by atoms with Crippen LogP contribution in [0, 0.1) is 0 Å². The van der Waals surface area contributed by atoms with Crippen LogP contribution in [0.3, 0.4) is 0 Å². The molecule has 0 atom stereocenters. The van der Waals surface area contributed by atoms with Gasteiger partial charge in [-0.2, -0.15) is 0 Å². The number of hydrogen-bond acceptors (Lipinski definition) is 2. The van der Waals surface area contributed by atoms with Crippen molar-refractivity contribution in [2.75, 3.05) is 10.6 Å². The fourth-order valence-electron chi connectivity index (χ4n) is 2.10. The zero-order valence-corrected chi connectivity index (χ0v) is 13.9. The Morgan fingerprint density at radius 3 is 1.39 bits per heavy atom. The van der Waals surface area contributed by atoms with Crippen LogP contribution < -0.4 is 10.6 Å². The number of aromatic nitrogens is 1. The van der Waals surface area contributed by atoms with Crippen molar-refractivity contribution in [2.24, 2.45) is 0 Å². The highest BCUT2D eigenvalue weighted by molar-refractivity contribution is 7.81. The molecule has 0 bridgehead atoms. The Bertz CT molecular complexity index is 743. The van der Waals surface area contributed by atoms with Gasteiger partial charge in [-0.1, -0.05) is 60.8 Å². The van der Waals surface area contributed by atoms with Crippen LogP contribution in [0.15, 0.2) is 72.8 Å². The minimum Gasteiger partial charge on any atom is -0.351 e. The Balaban J connectivity index is 1.68. The van der Waals surface area contributed by atoms with E-state index in [1.54, 1.807) is 0 Å². The van der Waals surface area contributed by atoms with Gasteiger partial charge >= 0.3 is 0 Å². The van der Waals surface area contributed by atoms with Gasteiger partial charge in [-0.25, -0.2) is 0 Å². The van der Waals surface area contributed by atoms with Gasteiger partial charge in [0.15, 0.2) is 0 Å². The molecule has 1 heterocycles. The number of H-pyrrole nitrogens is 1. The first-order valence-corrected chi connectivity index (χ1v) is 7.96. The van der Waals surface area contributed by atoms with Crippen LogP contribution in [-0.4, -0.2) is 15.0 Å². The lowest BCUT2D eigenvalue weighted by atomic mass is 10.3. The van der Waals surface area contributed by atoms with E-state index in [1.165, 1.54) is 0 Å². The molecule has 3 N–H and O–H groups in total. The van der Waals surface area contributed by atoms with Gasteiger partial charge in [-0.15, -0.1) is 0 Å². The Kier molecular flexibility index (Phi) is 4.80. The monoisotopic (exact) mass is 337 g/mol. The molecule has 1 aromatic heterocycles. The van der Waals surface area contributed by atoms with Crippen molar-refractivity contribution in [1.82, 2.24) is 4.98 Å². The number of thiocarbonyl (C=S) groups is 2. The van der Waals surface area contributed by atoms with E-state index < -0.39 is 0 Å². The summed E-state index contributed by atoms with van der Waals surface area (Å²) in [6, 6.07) is 23.5. The molecule has 114 valence electrons. The van der Waals surface area contributed by atoms with Gasteiger partial charge in [0.05, 0.1) is 11.4 Å². The molecular weight excluding hydrogens is 322 g/mol. The minimum atomic E-state index is 0.630. The third-order valence-corrected chi connectivity index (χ3v) is 3.88. The van der Waals surface area contributed by atoms with Crippen LogP contribution in [0.5, 0.6) is 0 Å². The molecule has 0 spiro atoms. The van der Waals surface area contributed by atoms with Gasteiger partial charge < -0.3 is 15.6 Å². The average Bonchev–Trinajstić information content (AvgIpc) is 3.07. The van der Waals surface area contributed by atoms with Gasteiger partial charge in [0.2, 0.25) is 0 Å². The fraction of sp³-hybridized carbons (Fsp3) is 0. The van der Waals surface area contributed by atoms with Gasteiger partial charge in [0.1, 0.15) is 9.98 Å². The largest absolute Gasteiger partial charge is 0.351 e. The van der Waals surface area contributed by atoms with E-state index in [0.717, 1.165) is 22.8 Å². The summed E-state index contributed by atoms with van der Waals surface area (Å²) in [7, 11) is 0. The number of rotatable bonds is 4. The van der Waals surface area contributed by atoms with E-state index in [1.807, 2.05) is 72.8 Å². The lowest BCUT2D eigenvalue weighted by Crippen LogP contribution is -2.13. The molecule has 5 heteroatoms. The summed E-state index contributed by atoms with van der Waals surface area (Å²) in [5, 5.41) is 6.39. The molecule has 0 aliphatic heterocycles. The molecule has 0 aliphatic carbocycles. The lowest BCUT2D eigenvalue weighted by Gasteiger charge is -2.07. The molecule has 0 aliphatic rings. The maximum Gasteiger partial charge on any atom is 0.127 e. The average molecular weight is 337 g/mol. The molecule has 2 aromatic carbocycles. The molecule has 3 aromatic rings. The lowest BCUT2D eigenvalue weighted by molar-refractivity contribution is 1.35. The summed E-state index contributed by atoms with van der Waals surface area (Å²) in [4.78, 5) is 4.50. The molecule has 0 radical (unpaired) electrons. The second-order valence-corrected chi connectivity index (χ2v) is 5.74. The van der Waals surface area contributed by atoms with Crippen LogP contribution in [0.25, 0.3) is 0 Å². The number of aromatic amines is 1. The summed E-state index contributed by atoms with van der Waals surface area (Å²) >= 11 is 10.9. The quantitative estimate of drug-likeness (QED) is 0.609. The summed E-state index contributed by atoms with van der Waals surface area (Å²) in [6.07, 6.45) is 0. The highest BCUT2D eigenvalue weighted by atomic mass is 32.1. The van der Waals surface area contributed by atoms with E-state index in [4.69, 9.17) is 24.4 Å². The summed E-state index contributed by atoms with van der Waals surface area (Å²) in [6.45, 7) is 0. The van der Waals surface area contributed by atoms with Gasteiger partial charge in [0, 0.05) is 11.4 Å². The van der Waals surface area contributed by atoms with Crippen molar-refractivity contribution in [3.05, 3.63) is 84.2 Å². The van der Waals surface area contributed by atoms with Crippen LogP contribution in [-0.2, 0) is 0 Å². The predicted octanol–water partition coefficient (Wildman–Crippen LogP) is 4.59. The highest BCUT2D eigenvalue weighted by Crippen LogP contribution is 2.12. The molecule has 3 rings (SSSR count). The zero-order valence-electron chi connectivity index (χ0n) is 12.2. The maximum absolute atomic E-state index is 5.43. The second kappa shape index (κ2) is 7.17. The van der Waals surface area contributed by atoms with Gasteiger partial charge in [-0.3, -0.25) is 0 Å². The van der Waals surface area contributed by atoms with E-state index >= 15 is 0 Å². The second-order valence-electron chi connectivity index (χ2n) is 4.93. The van der Waals surface area contributed by atoms with Crippen molar-refractivity contribution >= 4 is 45.8 Å². The Morgan fingerprint density at radius 2 is 1.00 bits per heavy atom. The van der Waals surface area contributed by atoms with Crippen LogP contribution in [0.2, 0.25) is 0 Å². The van der Waals surface area contributed by atoms with Crippen LogP contribution in [0.4, 0.5) is 11.4 Å². The molecule has 23 heavy (non-hydrogen) atoms. The van der Waals surface area contributed by atoms with E-state index in [2.05, 4.69) is 15.6 Å². The molecule has 0 saturated carbocycles. The molecule has 0 unspecified atom stereocenters. The maximum atomic E-state index is 5.43.